The zero-order chi connectivity index (χ0) is 34.9. The van der Waals surface area contributed by atoms with Crippen LogP contribution < -0.4 is 16.4 Å². The number of nitrogens with zero attached hydrogens (tertiary/aromatic N) is 4. The van der Waals surface area contributed by atoms with E-state index in [1.54, 1.807) is 14.7 Å². The van der Waals surface area contributed by atoms with Gasteiger partial charge in [0.15, 0.2) is 0 Å². The fourth-order valence-corrected chi connectivity index (χ4v) is 7.80. The van der Waals surface area contributed by atoms with Gasteiger partial charge in [0.2, 0.25) is 11.8 Å². The van der Waals surface area contributed by atoms with Crippen molar-refractivity contribution in [1.29, 1.82) is 0 Å². The number of benzene rings is 2. The molecule has 2 aromatic carbocycles. The van der Waals surface area contributed by atoms with Gasteiger partial charge < -0.3 is 36.0 Å². The van der Waals surface area contributed by atoms with Crippen molar-refractivity contribution in [1.82, 2.24) is 24.9 Å². The number of carbonyl (C=O) groups is 4. The standard InChI is InChI=1S/C34H41ClF3N7O4/c35-27-19-21(18-26(30(27)39)34(36,37)38)17-23(31(47)43-13-8-25(9-14-43)45-16-10-40-32(45)48)20-29(46)42-11-6-24(7-12-42)44-15-5-22-3-1-2-4-28(22)41-33(44)49/h1-4,18-19,23-25H,5-17,20,39H2,(H,40,48)(H,41,49). The number of likely N-dealkylation sites (tertiary alicyclic amines) is 2. The van der Waals surface area contributed by atoms with E-state index < -0.39 is 23.3 Å². The van der Waals surface area contributed by atoms with E-state index in [9.17, 15) is 32.3 Å². The van der Waals surface area contributed by atoms with Crippen molar-refractivity contribution in [3.05, 3.63) is 58.1 Å². The van der Waals surface area contributed by atoms with E-state index in [4.69, 9.17) is 17.3 Å². The molecule has 0 aromatic heterocycles. The van der Waals surface area contributed by atoms with Crippen molar-refractivity contribution in [3.63, 3.8) is 0 Å². The van der Waals surface area contributed by atoms with Crippen molar-refractivity contribution in [2.45, 2.75) is 63.2 Å². The number of nitrogens with one attached hydrogen (secondary N) is 2. The highest BCUT2D eigenvalue weighted by Gasteiger charge is 2.38. The molecule has 6 rings (SSSR count). The molecule has 11 nitrogen and oxygen atoms in total. The van der Waals surface area contributed by atoms with Crippen molar-refractivity contribution >= 4 is 46.9 Å². The number of urea groups is 2. The van der Waals surface area contributed by atoms with E-state index in [1.165, 1.54) is 6.07 Å². The normalized spacial score (nSPS) is 20.1. The number of rotatable bonds is 7. The largest absolute Gasteiger partial charge is 0.418 e. The molecule has 1 atom stereocenters. The number of alkyl halides is 3. The molecule has 0 radical (unpaired) electrons. The molecular formula is C34H41ClF3N7O4. The molecule has 264 valence electrons. The monoisotopic (exact) mass is 703 g/mol. The molecule has 0 spiro atoms. The van der Waals surface area contributed by atoms with Crippen LogP contribution in [-0.4, -0.2) is 101 Å². The van der Waals surface area contributed by atoms with E-state index in [-0.39, 0.29) is 59.4 Å². The lowest BCUT2D eigenvalue weighted by Gasteiger charge is -2.39. The smallest absolute Gasteiger partial charge is 0.397 e. The lowest BCUT2D eigenvalue weighted by molar-refractivity contribution is -0.143. The third kappa shape index (κ3) is 7.68. The van der Waals surface area contributed by atoms with Gasteiger partial charge in [-0.3, -0.25) is 9.59 Å². The van der Waals surface area contributed by atoms with Crippen LogP contribution in [0.5, 0.6) is 0 Å². The van der Waals surface area contributed by atoms with E-state index in [0.717, 1.165) is 17.3 Å². The van der Waals surface area contributed by atoms with Gasteiger partial charge in [-0.2, -0.15) is 13.2 Å². The van der Waals surface area contributed by atoms with E-state index in [1.807, 2.05) is 29.2 Å². The Balaban J connectivity index is 1.13. The summed E-state index contributed by atoms with van der Waals surface area (Å²) in [5.74, 6) is -1.53. The first-order valence-electron chi connectivity index (χ1n) is 16.8. The molecule has 3 saturated heterocycles. The summed E-state index contributed by atoms with van der Waals surface area (Å²) in [6, 6.07) is 9.55. The lowest BCUT2D eigenvalue weighted by Crippen LogP contribution is -2.51. The van der Waals surface area contributed by atoms with Gasteiger partial charge in [0.25, 0.3) is 0 Å². The summed E-state index contributed by atoms with van der Waals surface area (Å²) in [5.41, 5.74) is 6.01. The number of carbonyl (C=O) groups excluding carboxylic acids is 4. The van der Waals surface area contributed by atoms with Gasteiger partial charge in [0, 0.05) is 70.0 Å². The first kappa shape index (κ1) is 34.7. The molecule has 6 amide bonds. The first-order valence-corrected chi connectivity index (χ1v) is 17.2. The van der Waals surface area contributed by atoms with Gasteiger partial charge in [0.1, 0.15) is 0 Å². The number of hydrogen-bond donors (Lipinski definition) is 3. The quantitative estimate of drug-likeness (QED) is 0.364. The Morgan fingerprint density at radius 1 is 0.898 bits per heavy atom. The van der Waals surface area contributed by atoms with Gasteiger partial charge >= 0.3 is 18.2 Å². The number of halogens is 4. The minimum absolute atomic E-state index is 0.0152. The summed E-state index contributed by atoms with van der Waals surface area (Å²) in [6.45, 7) is 3.22. The van der Waals surface area contributed by atoms with Gasteiger partial charge in [0.05, 0.1) is 22.2 Å². The summed E-state index contributed by atoms with van der Waals surface area (Å²) in [5, 5.41) is 5.52. The van der Waals surface area contributed by atoms with Crippen LogP contribution in [0.4, 0.5) is 34.1 Å². The van der Waals surface area contributed by atoms with Crippen LogP contribution in [-0.2, 0) is 28.6 Å². The van der Waals surface area contributed by atoms with E-state index in [2.05, 4.69) is 10.6 Å². The van der Waals surface area contributed by atoms with Crippen LogP contribution >= 0.6 is 11.6 Å². The average molecular weight is 704 g/mol. The number of nitrogen functional groups attached to an aromatic ring is 1. The molecule has 4 aliphatic rings. The predicted molar refractivity (Wildman–Crippen MR) is 178 cm³/mol. The molecular weight excluding hydrogens is 663 g/mol. The third-order valence-corrected chi connectivity index (χ3v) is 10.6. The molecule has 4 heterocycles. The maximum Gasteiger partial charge on any atom is 0.418 e. The Morgan fingerprint density at radius 2 is 1.53 bits per heavy atom. The zero-order valence-electron chi connectivity index (χ0n) is 27.1. The van der Waals surface area contributed by atoms with Crippen LogP contribution in [0.25, 0.3) is 0 Å². The van der Waals surface area contributed by atoms with Crippen molar-refractivity contribution in [3.8, 4) is 0 Å². The highest BCUT2D eigenvalue weighted by Crippen LogP contribution is 2.38. The molecule has 1 unspecified atom stereocenters. The van der Waals surface area contributed by atoms with Crippen LogP contribution in [0, 0.1) is 5.92 Å². The Kier molecular flexibility index (Phi) is 10.1. The fraction of sp³-hybridized carbons (Fsp3) is 0.529. The van der Waals surface area contributed by atoms with Gasteiger partial charge in [-0.25, -0.2) is 9.59 Å². The summed E-state index contributed by atoms with van der Waals surface area (Å²) in [6.07, 6.45) is -2.11. The minimum atomic E-state index is -4.75. The molecule has 2 aromatic rings. The second-order valence-corrected chi connectivity index (χ2v) is 13.7. The first-order chi connectivity index (χ1) is 23.4. The van der Waals surface area contributed by atoms with Gasteiger partial charge in [-0.15, -0.1) is 0 Å². The van der Waals surface area contributed by atoms with E-state index >= 15 is 0 Å². The van der Waals surface area contributed by atoms with Crippen LogP contribution in [0.15, 0.2) is 36.4 Å². The number of amides is 6. The molecule has 49 heavy (non-hydrogen) atoms. The van der Waals surface area contributed by atoms with Crippen LogP contribution in [0.2, 0.25) is 5.02 Å². The Hall–Kier alpha value is -4.20. The average Bonchev–Trinajstić information content (AvgIpc) is 3.43. The molecule has 15 heteroatoms. The number of fused-ring (bicyclic) bond motifs is 1. The summed E-state index contributed by atoms with van der Waals surface area (Å²) >= 11 is 6.11. The molecule has 0 saturated carbocycles. The maximum atomic E-state index is 14.0. The Morgan fingerprint density at radius 3 is 2.16 bits per heavy atom. The zero-order valence-corrected chi connectivity index (χ0v) is 27.9. The second-order valence-electron chi connectivity index (χ2n) is 13.3. The van der Waals surface area contributed by atoms with E-state index in [0.29, 0.717) is 77.9 Å². The van der Waals surface area contributed by atoms with Crippen LogP contribution in [0.3, 0.4) is 0 Å². The van der Waals surface area contributed by atoms with Crippen molar-refractivity contribution in [2.75, 3.05) is 56.9 Å². The fourth-order valence-electron chi connectivity index (χ4n) is 7.55. The third-order valence-electron chi connectivity index (χ3n) is 10.3. The molecule has 4 aliphatic heterocycles. The number of nitrogens with two attached hydrogens (primary N) is 1. The van der Waals surface area contributed by atoms with Crippen molar-refractivity contribution < 1.29 is 32.3 Å². The molecule has 4 N–H and O–H groups in total. The summed E-state index contributed by atoms with van der Waals surface area (Å²) in [4.78, 5) is 59.9. The minimum Gasteiger partial charge on any atom is -0.397 e. The number of piperidine rings is 2. The van der Waals surface area contributed by atoms with Crippen molar-refractivity contribution in [2.24, 2.45) is 5.92 Å². The topological polar surface area (TPSA) is 131 Å². The molecule has 0 aliphatic carbocycles. The van der Waals surface area contributed by atoms with Gasteiger partial charge in [-0.05, 0) is 67.9 Å². The Bertz CT molecular complexity index is 1590. The molecule has 0 bridgehead atoms. The predicted octanol–water partition coefficient (Wildman–Crippen LogP) is 4.59. The molecule has 3 fully saturated rings. The maximum absolute atomic E-state index is 14.0. The second kappa shape index (κ2) is 14.3. The SMILES string of the molecule is Nc1c(Cl)cc(CC(CC(=O)N2CCC(N3CCc4ccccc4NC3=O)CC2)C(=O)N2CCC(N3CCNC3=O)CC2)cc1C(F)(F)F. The number of para-hydroxylation sites is 1. The summed E-state index contributed by atoms with van der Waals surface area (Å²) in [7, 11) is 0. The van der Waals surface area contributed by atoms with Crippen LogP contribution in [0.1, 0.15) is 48.8 Å². The van der Waals surface area contributed by atoms with Gasteiger partial charge in [-0.1, -0.05) is 29.8 Å². The lowest BCUT2D eigenvalue weighted by atomic mass is 9.91. The highest BCUT2D eigenvalue weighted by molar-refractivity contribution is 6.33. The number of hydrogen-bond acceptors (Lipinski definition) is 5. The summed E-state index contributed by atoms with van der Waals surface area (Å²) < 4.78 is 41.4. The number of anilines is 2. The Labute approximate surface area is 287 Å². The highest BCUT2D eigenvalue weighted by atomic mass is 35.5.